The molecular formula is C18H20F2N2O3S. The SMILES string of the molecule is CC(C)CCNC(=O)c1cccc(S(=O)(=O)Nc2ccc(F)cc2F)c1. The van der Waals surface area contributed by atoms with Crippen molar-refractivity contribution in [1.29, 1.82) is 0 Å². The summed E-state index contributed by atoms with van der Waals surface area (Å²) >= 11 is 0. The maximum absolute atomic E-state index is 13.7. The van der Waals surface area contributed by atoms with Crippen molar-refractivity contribution in [2.24, 2.45) is 5.92 Å². The number of hydrogen-bond acceptors (Lipinski definition) is 3. The Labute approximate surface area is 151 Å². The number of sulfonamides is 1. The molecule has 0 fully saturated rings. The first-order valence-electron chi connectivity index (χ1n) is 8.05. The molecule has 0 unspecified atom stereocenters. The molecule has 0 saturated carbocycles. The lowest BCUT2D eigenvalue weighted by Crippen LogP contribution is -2.25. The van der Waals surface area contributed by atoms with Gasteiger partial charge in [-0.3, -0.25) is 9.52 Å². The molecule has 0 atom stereocenters. The third-order valence-electron chi connectivity index (χ3n) is 3.59. The Morgan fingerprint density at radius 1 is 1.12 bits per heavy atom. The fourth-order valence-corrected chi connectivity index (χ4v) is 3.27. The number of carbonyl (C=O) groups is 1. The average molecular weight is 382 g/mol. The second-order valence-corrected chi connectivity index (χ2v) is 7.88. The number of nitrogens with one attached hydrogen (secondary N) is 2. The zero-order valence-corrected chi connectivity index (χ0v) is 15.2. The van der Waals surface area contributed by atoms with Crippen LogP contribution in [0.2, 0.25) is 0 Å². The highest BCUT2D eigenvalue weighted by Crippen LogP contribution is 2.20. The number of benzene rings is 2. The molecule has 26 heavy (non-hydrogen) atoms. The molecule has 1 amide bonds. The van der Waals surface area contributed by atoms with E-state index in [-0.39, 0.29) is 16.1 Å². The molecule has 2 N–H and O–H groups in total. The maximum atomic E-state index is 13.7. The van der Waals surface area contributed by atoms with Gasteiger partial charge < -0.3 is 5.32 Å². The first-order chi connectivity index (χ1) is 12.2. The third-order valence-corrected chi connectivity index (χ3v) is 4.95. The van der Waals surface area contributed by atoms with Crippen molar-refractivity contribution in [3.63, 3.8) is 0 Å². The van der Waals surface area contributed by atoms with Crippen LogP contribution in [0.4, 0.5) is 14.5 Å². The predicted molar refractivity (Wildman–Crippen MR) is 95.4 cm³/mol. The topological polar surface area (TPSA) is 75.3 Å². The molecule has 0 saturated heterocycles. The molecule has 0 aromatic heterocycles. The average Bonchev–Trinajstić information content (AvgIpc) is 2.57. The van der Waals surface area contributed by atoms with E-state index < -0.39 is 27.6 Å². The lowest BCUT2D eigenvalue weighted by atomic mass is 10.1. The van der Waals surface area contributed by atoms with E-state index in [2.05, 4.69) is 10.0 Å². The molecule has 0 radical (unpaired) electrons. The van der Waals surface area contributed by atoms with Gasteiger partial charge in [0, 0.05) is 18.2 Å². The summed E-state index contributed by atoms with van der Waals surface area (Å²) in [5.41, 5.74) is -0.200. The quantitative estimate of drug-likeness (QED) is 0.769. The van der Waals surface area contributed by atoms with E-state index in [0.29, 0.717) is 18.5 Å². The van der Waals surface area contributed by atoms with Gasteiger partial charge in [0.2, 0.25) is 0 Å². The third kappa shape index (κ3) is 5.26. The van der Waals surface area contributed by atoms with Crippen LogP contribution in [0.15, 0.2) is 47.4 Å². The number of hydrogen-bond donors (Lipinski definition) is 2. The van der Waals surface area contributed by atoms with Crippen molar-refractivity contribution in [2.75, 3.05) is 11.3 Å². The van der Waals surface area contributed by atoms with Crippen LogP contribution in [0, 0.1) is 17.6 Å². The molecule has 2 aromatic rings. The summed E-state index contributed by atoms with van der Waals surface area (Å²) in [5.74, 6) is -1.81. The Morgan fingerprint density at radius 3 is 2.50 bits per heavy atom. The minimum Gasteiger partial charge on any atom is -0.352 e. The Morgan fingerprint density at radius 2 is 1.85 bits per heavy atom. The number of carbonyl (C=O) groups excluding carboxylic acids is 1. The predicted octanol–water partition coefficient (Wildman–Crippen LogP) is 3.54. The van der Waals surface area contributed by atoms with Crippen LogP contribution in [-0.2, 0) is 10.0 Å². The van der Waals surface area contributed by atoms with Crippen LogP contribution >= 0.6 is 0 Å². The summed E-state index contributed by atoms with van der Waals surface area (Å²) in [4.78, 5) is 11.9. The first-order valence-corrected chi connectivity index (χ1v) is 9.53. The van der Waals surface area contributed by atoms with Gasteiger partial charge in [-0.1, -0.05) is 19.9 Å². The fourth-order valence-electron chi connectivity index (χ4n) is 2.16. The van der Waals surface area contributed by atoms with Gasteiger partial charge in [0.25, 0.3) is 15.9 Å². The van der Waals surface area contributed by atoms with Gasteiger partial charge in [-0.25, -0.2) is 17.2 Å². The van der Waals surface area contributed by atoms with E-state index in [1.807, 2.05) is 13.8 Å². The summed E-state index contributed by atoms with van der Waals surface area (Å²) in [6, 6.07) is 7.92. The van der Waals surface area contributed by atoms with Gasteiger partial charge in [-0.05, 0) is 42.7 Å². The van der Waals surface area contributed by atoms with Gasteiger partial charge in [-0.2, -0.15) is 0 Å². The number of rotatable bonds is 7. The molecule has 5 nitrogen and oxygen atoms in total. The summed E-state index contributed by atoms with van der Waals surface area (Å²) in [5, 5.41) is 2.72. The zero-order chi connectivity index (χ0) is 19.3. The van der Waals surface area contributed by atoms with Gasteiger partial charge in [0.15, 0.2) is 0 Å². The first kappa shape index (κ1) is 19.8. The highest BCUT2D eigenvalue weighted by Gasteiger charge is 2.18. The Hall–Kier alpha value is -2.48. The van der Waals surface area contributed by atoms with E-state index in [4.69, 9.17) is 0 Å². The number of halogens is 2. The van der Waals surface area contributed by atoms with Crippen LogP contribution in [-0.4, -0.2) is 20.9 Å². The van der Waals surface area contributed by atoms with Crippen molar-refractivity contribution in [3.05, 3.63) is 59.7 Å². The largest absolute Gasteiger partial charge is 0.352 e. The minimum atomic E-state index is -4.13. The summed E-state index contributed by atoms with van der Waals surface area (Å²) in [6.07, 6.45) is 0.801. The molecule has 0 aliphatic heterocycles. The van der Waals surface area contributed by atoms with E-state index in [0.717, 1.165) is 18.6 Å². The Kier molecular flexibility index (Phi) is 6.31. The standard InChI is InChI=1S/C18H20F2N2O3S/c1-12(2)8-9-21-18(23)13-4-3-5-15(10-13)26(24,25)22-17-7-6-14(19)11-16(17)20/h3-7,10-12,22H,8-9H2,1-2H3,(H,21,23). The normalized spacial score (nSPS) is 11.4. The molecule has 0 aliphatic carbocycles. The van der Waals surface area contributed by atoms with Gasteiger partial charge in [-0.15, -0.1) is 0 Å². The Bertz CT molecular complexity index is 899. The minimum absolute atomic E-state index is 0.177. The van der Waals surface area contributed by atoms with Gasteiger partial charge in [0.1, 0.15) is 11.6 Å². The smallest absolute Gasteiger partial charge is 0.262 e. The van der Waals surface area contributed by atoms with Gasteiger partial charge >= 0.3 is 0 Å². The van der Waals surface area contributed by atoms with Crippen molar-refractivity contribution >= 4 is 21.6 Å². The highest BCUT2D eigenvalue weighted by atomic mass is 32.2. The van der Waals surface area contributed by atoms with Crippen molar-refractivity contribution in [2.45, 2.75) is 25.2 Å². The lowest BCUT2D eigenvalue weighted by molar-refractivity contribution is 0.0952. The highest BCUT2D eigenvalue weighted by molar-refractivity contribution is 7.92. The molecule has 140 valence electrons. The van der Waals surface area contributed by atoms with Crippen LogP contribution in [0.1, 0.15) is 30.6 Å². The maximum Gasteiger partial charge on any atom is 0.262 e. The molecule has 0 aliphatic rings. The molecule has 0 spiro atoms. The van der Waals surface area contributed by atoms with Crippen LogP contribution in [0.25, 0.3) is 0 Å². The molecular weight excluding hydrogens is 362 g/mol. The molecule has 0 bridgehead atoms. The lowest BCUT2D eigenvalue weighted by Gasteiger charge is -2.11. The van der Waals surface area contributed by atoms with E-state index >= 15 is 0 Å². The summed E-state index contributed by atoms with van der Waals surface area (Å²) < 4.78 is 53.5. The van der Waals surface area contributed by atoms with Crippen LogP contribution in [0.5, 0.6) is 0 Å². The molecule has 2 aromatic carbocycles. The van der Waals surface area contributed by atoms with Gasteiger partial charge in [0.05, 0.1) is 10.6 Å². The second-order valence-electron chi connectivity index (χ2n) is 6.20. The molecule has 8 heteroatoms. The monoisotopic (exact) mass is 382 g/mol. The van der Waals surface area contributed by atoms with E-state index in [1.54, 1.807) is 0 Å². The van der Waals surface area contributed by atoms with Crippen LogP contribution < -0.4 is 10.0 Å². The van der Waals surface area contributed by atoms with Crippen molar-refractivity contribution in [3.8, 4) is 0 Å². The zero-order valence-electron chi connectivity index (χ0n) is 14.4. The van der Waals surface area contributed by atoms with Crippen LogP contribution in [0.3, 0.4) is 0 Å². The van der Waals surface area contributed by atoms with E-state index in [9.17, 15) is 22.0 Å². The summed E-state index contributed by atoms with van der Waals surface area (Å²) in [6.45, 7) is 4.53. The molecule has 0 heterocycles. The second kappa shape index (κ2) is 8.27. The van der Waals surface area contributed by atoms with Crippen molar-refractivity contribution < 1.29 is 22.0 Å². The number of anilines is 1. The van der Waals surface area contributed by atoms with E-state index in [1.165, 1.54) is 24.3 Å². The summed E-state index contributed by atoms with van der Waals surface area (Å²) in [7, 11) is -4.13. The molecule has 2 rings (SSSR count). The van der Waals surface area contributed by atoms with Crippen molar-refractivity contribution in [1.82, 2.24) is 5.32 Å². The number of amides is 1. The Balaban J connectivity index is 2.18. The fraction of sp³-hybridized carbons (Fsp3) is 0.278.